The zero-order valence-corrected chi connectivity index (χ0v) is 15.8. The molecular weight excluding hydrogens is 406 g/mol. The number of hydrazine groups is 1. The molecule has 0 saturated heterocycles. The predicted octanol–water partition coefficient (Wildman–Crippen LogP) is 3.51. The van der Waals surface area contributed by atoms with Crippen LogP contribution in [0.4, 0.5) is 22.7 Å². The van der Waals surface area contributed by atoms with Gasteiger partial charge in [-0.3, -0.25) is 40.7 Å². The molecule has 0 unspecified atom stereocenters. The Balaban J connectivity index is 1.77. The summed E-state index contributed by atoms with van der Waals surface area (Å²) >= 11 is 0. The number of nitrogens with zero attached hydrogens (tertiary/aromatic N) is 2. The number of rotatable bonds is 7. The molecule has 11 nitrogen and oxygen atoms in total. The smallest absolute Gasteiger partial charge is 0.300 e. The second-order valence-electron chi connectivity index (χ2n) is 6.16. The number of hydrogen-bond acceptors (Lipinski definition) is 7. The summed E-state index contributed by atoms with van der Waals surface area (Å²) in [6, 6.07) is 17.6. The van der Waals surface area contributed by atoms with Gasteiger partial charge in [-0.25, -0.2) is 0 Å². The van der Waals surface area contributed by atoms with Crippen molar-refractivity contribution in [2.75, 3.05) is 10.7 Å². The van der Waals surface area contributed by atoms with Crippen LogP contribution in [-0.4, -0.2) is 21.7 Å². The average Bonchev–Trinajstić information content (AvgIpc) is 2.78. The summed E-state index contributed by atoms with van der Waals surface area (Å²) in [7, 11) is 0. The van der Waals surface area contributed by atoms with Crippen molar-refractivity contribution in [3.63, 3.8) is 0 Å². The van der Waals surface area contributed by atoms with Crippen molar-refractivity contribution in [2.45, 2.75) is 0 Å². The van der Waals surface area contributed by atoms with Gasteiger partial charge in [0.2, 0.25) is 0 Å². The molecule has 0 atom stereocenters. The van der Waals surface area contributed by atoms with E-state index in [1.807, 2.05) is 0 Å². The highest BCUT2D eigenvalue weighted by atomic mass is 16.6. The highest BCUT2D eigenvalue weighted by molar-refractivity contribution is 6.09. The molecule has 3 rings (SSSR count). The fourth-order valence-corrected chi connectivity index (χ4v) is 2.66. The Morgan fingerprint density at radius 1 is 0.742 bits per heavy atom. The summed E-state index contributed by atoms with van der Waals surface area (Å²) in [5.41, 5.74) is 4.24. The summed E-state index contributed by atoms with van der Waals surface area (Å²) in [4.78, 5) is 45.5. The van der Waals surface area contributed by atoms with Gasteiger partial charge in [-0.05, 0) is 30.3 Å². The van der Waals surface area contributed by atoms with Gasteiger partial charge in [-0.15, -0.1) is 0 Å². The number of hydrogen-bond donors (Lipinski definition) is 3. The molecule has 0 bridgehead atoms. The van der Waals surface area contributed by atoms with Crippen molar-refractivity contribution in [2.24, 2.45) is 0 Å². The number of benzene rings is 3. The van der Waals surface area contributed by atoms with Gasteiger partial charge in [0.25, 0.3) is 17.5 Å². The largest absolute Gasteiger partial charge is 0.321 e. The minimum atomic E-state index is -0.810. The molecule has 3 aromatic carbocycles. The predicted molar refractivity (Wildman–Crippen MR) is 112 cm³/mol. The number of non-ortho nitro benzene ring substituents is 1. The van der Waals surface area contributed by atoms with Crippen molar-refractivity contribution >= 4 is 34.6 Å². The van der Waals surface area contributed by atoms with Crippen LogP contribution in [0, 0.1) is 20.2 Å². The summed E-state index contributed by atoms with van der Waals surface area (Å²) in [5, 5.41) is 24.7. The molecule has 156 valence electrons. The lowest BCUT2D eigenvalue weighted by Crippen LogP contribution is -2.30. The summed E-state index contributed by atoms with van der Waals surface area (Å²) in [6.07, 6.45) is 0. The molecular formula is C20H15N5O6. The molecule has 0 fully saturated rings. The standard InChI is InChI=1S/C20H15N5O6/c26-19(13-6-2-1-3-7-13)21-16-9-5-4-8-15(16)20(27)23-22-17-11-10-14(24(28)29)12-18(17)25(30)31/h1-12,22H,(H,21,26)(H,23,27). The number of nitro groups is 2. The second kappa shape index (κ2) is 9.13. The number of nitro benzene ring substituents is 2. The maximum Gasteiger partial charge on any atom is 0.300 e. The van der Waals surface area contributed by atoms with Crippen molar-refractivity contribution in [3.8, 4) is 0 Å². The first-order valence-corrected chi connectivity index (χ1v) is 8.81. The number of carbonyl (C=O) groups is 2. The van der Waals surface area contributed by atoms with Gasteiger partial charge < -0.3 is 5.32 Å². The number of anilines is 2. The maximum absolute atomic E-state index is 12.6. The molecule has 0 aliphatic rings. The lowest BCUT2D eigenvalue weighted by Gasteiger charge is -2.13. The lowest BCUT2D eigenvalue weighted by molar-refractivity contribution is -0.393. The molecule has 11 heteroatoms. The van der Waals surface area contributed by atoms with Crippen LogP contribution >= 0.6 is 0 Å². The molecule has 3 aromatic rings. The number of nitrogens with one attached hydrogen (secondary N) is 3. The van der Waals surface area contributed by atoms with E-state index in [2.05, 4.69) is 16.2 Å². The van der Waals surface area contributed by atoms with E-state index in [0.29, 0.717) is 5.56 Å². The average molecular weight is 421 g/mol. The van der Waals surface area contributed by atoms with Gasteiger partial charge in [0.05, 0.1) is 27.2 Å². The first-order chi connectivity index (χ1) is 14.9. The topological polar surface area (TPSA) is 157 Å². The molecule has 0 radical (unpaired) electrons. The number of amides is 2. The summed E-state index contributed by atoms with van der Waals surface area (Å²) in [5.74, 6) is -1.10. The van der Waals surface area contributed by atoms with Crippen LogP contribution in [0.3, 0.4) is 0 Å². The second-order valence-corrected chi connectivity index (χ2v) is 6.16. The molecule has 2 amide bonds. The third-order valence-corrected chi connectivity index (χ3v) is 4.16. The van der Waals surface area contributed by atoms with E-state index in [-0.39, 0.29) is 16.9 Å². The minimum absolute atomic E-state index is 0.101. The zero-order valence-electron chi connectivity index (χ0n) is 15.8. The Hall–Kier alpha value is -4.80. The Morgan fingerprint density at radius 3 is 2.10 bits per heavy atom. The van der Waals surface area contributed by atoms with E-state index in [0.717, 1.165) is 18.2 Å². The SMILES string of the molecule is O=C(Nc1ccccc1C(=O)NNc1ccc([N+](=O)[O-])cc1[N+](=O)[O-])c1ccccc1. The summed E-state index contributed by atoms with van der Waals surface area (Å²) < 4.78 is 0. The van der Waals surface area contributed by atoms with Gasteiger partial charge in [-0.2, -0.15) is 0 Å². The first-order valence-electron chi connectivity index (χ1n) is 8.81. The first kappa shape index (κ1) is 20.9. The van der Waals surface area contributed by atoms with E-state index in [1.54, 1.807) is 42.5 Å². The van der Waals surface area contributed by atoms with Gasteiger partial charge in [-0.1, -0.05) is 30.3 Å². The highest BCUT2D eigenvalue weighted by Gasteiger charge is 2.20. The van der Waals surface area contributed by atoms with Crippen LogP contribution in [0.25, 0.3) is 0 Å². The highest BCUT2D eigenvalue weighted by Crippen LogP contribution is 2.28. The normalized spacial score (nSPS) is 10.1. The van der Waals surface area contributed by atoms with Gasteiger partial charge in [0.1, 0.15) is 5.69 Å². The molecule has 31 heavy (non-hydrogen) atoms. The Bertz CT molecular complexity index is 1170. The number of para-hydroxylation sites is 1. The Labute approximate surface area is 175 Å². The van der Waals surface area contributed by atoms with E-state index < -0.39 is 33.0 Å². The quantitative estimate of drug-likeness (QED) is 0.389. The third-order valence-electron chi connectivity index (χ3n) is 4.16. The van der Waals surface area contributed by atoms with Crippen LogP contribution in [0.2, 0.25) is 0 Å². The molecule has 0 saturated carbocycles. The van der Waals surface area contributed by atoms with E-state index >= 15 is 0 Å². The Kier molecular flexibility index (Phi) is 6.16. The zero-order chi connectivity index (χ0) is 22.4. The lowest BCUT2D eigenvalue weighted by atomic mass is 10.1. The van der Waals surface area contributed by atoms with Gasteiger partial charge >= 0.3 is 5.69 Å². The Morgan fingerprint density at radius 2 is 1.42 bits per heavy atom. The number of carbonyl (C=O) groups excluding carboxylic acids is 2. The van der Waals surface area contributed by atoms with E-state index in [1.165, 1.54) is 12.1 Å². The molecule has 0 heterocycles. The molecule has 0 spiro atoms. The van der Waals surface area contributed by atoms with Crippen molar-refractivity contribution in [3.05, 3.63) is 104 Å². The van der Waals surface area contributed by atoms with Crippen molar-refractivity contribution in [1.82, 2.24) is 5.43 Å². The fraction of sp³-hybridized carbons (Fsp3) is 0. The van der Waals surface area contributed by atoms with Crippen molar-refractivity contribution < 1.29 is 19.4 Å². The summed E-state index contributed by atoms with van der Waals surface area (Å²) in [6.45, 7) is 0. The van der Waals surface area contributed by atoms with Crippen LogP contribution < -0.4 is 16.2 Å². The monoisotopic (exact) mass is 421 g/mol. The van der Waals surface area contributed by atoms with Crippen LogP contribution in [0.15, 0.2) is 72.8 Å². The fourth-order valence-electron chi connectivity index (χ4n) is 2.66. The van der Waals surface area contributed by atoms with Gasteiger partial charge in [0, 0.05) is 11.6 Å². The van der Waals surface area contributed by atoms with Gasteiger partial charge in [0.15, 0.2) is 0 Å². The molecule has 0 aliphatic heterocycles. The maximum atomic E-state index is 12.6. The van der Waals surface area contributed by atoms with Crippen molar-refractivity contribution in [1.29, 1.82) is 0 Å². The molecule has 0 aromatic heterocycles. The van der Waals surface area contributed by atoms with Crippen LogP contribution in [0.5, 0.6) is 0 Å². The third kappa shape index (κ3) is 4.98. The van der Waals surface area contributed by atoms with Crippen LogP contribution in [0.1, 0.15) is 20.7 Å². The van der Waals surface area contributed by atoms with E-state index in [9.17, 15) is 29.8 Å². The van der Waals surface area contributed by atoms with Crippen LogP contribution in [-0.2, 0) is 0 Å². The minimum Gasteiger partial charge on any atom is -0.321 e. The molecule has 3 N–H and O–H groups in total. The molecule has 0 aliphatic carbocycles. The van der Waals surface area contributed by atoms with E-state index in [4.69, 9.17) is 0 Å².